The van der Waals surface area contributed by atoms with Crippen molar-refractivity contribution in [1.29, 1.82) is 0 Å². The lowest BCUT2D eigenvalue weighted by Crippen LogP contribution is -2.15. The summed E-state index contributed by atoms with van der Waals surface area (Å²) in [7, 11) is 0. The summed E-state index contributed by atoms with van der Waals surface area (Å²) in [6, 6.07) is 0.582. The van der Waals surface area contributed by atoms with Crippen LogP contribution in [0.25, 0.3) is 0 Å². The van der Waals surface area contributed by atoms with E-state index in [0.717, 1.165) is 12.5 Å². The van der Waals surface area contributed by atoms with Crippen LogP contribution in [0.15, 0.2) is 6.07 Å². The number of rotatable bonds is 0. The average molecular weight is 246 g/mol. The molecule has 0 radical (unpaired) electrons. The minimum Gasteiger partial charge on any atom is -0.324 e. The van der Waals surface area contributed by atoms with E-state index >= 15 is 0 Å². The first kappa shape index (κ1) is 11.8. The van der Waals surface area contributed by atoms with E-state index in [1.54, 1.807) is 0 Å². The zero-order valence-electron chi connectivity index (χ0n) is 9.06. The summed E-state index contributed by atoms with van der Waals surface area (Å²) in [5, 5.41) is 0.290. The fourth-order valence-corrected chi connectivity index (χ4v) is 2.64. The first-order valence-corrected chi connectivity index (χ1v) is 5.80. The Balaban J connectivity index is 2.59. The molecule has 1 aliphatic rings. The van der Waals surface area contributed by atoms with Crippen LogP contribution < -0.4 is 5.73 Å². The van der Waals surface area contributed by atoms with Crippen LogP contribution in [0.2, 0.25) is 5.02 Å². The van der Waals surface area contributed by atoms with Crippen LogP contribution in [-0.4, -0.2) is 0 Å². The van der Waals surface area contributed by atoms with Crippen LogP contribution in [0.5, 0.6) is 0 Å². The Morgan fingerprint density at radius 1 is 1.44 bits per heavy atom. The van der Waals surface area contributed by atoms with E-state index in [1.807, 2.05) is 0 Å². The van der Waals surface area contributed by atoms with Crippen molar-refractivity contribution >= 4 is 11.6 Å². The van der Waals surface area contributed by atoms with Gasteiger partial charge >= 0.3 is 0 Å². The lowest BCUT2D eigenvalue weighted by atomic mass is 9.97. The van der Waals surface area contributed by atoms with Gasteiger partial charge in [-0.1, -0.05) is 18.5 Å². The molecular weight excluding hydrogens is 232 g/mol. The Labute approximate surface area is 98.6 Å². The van der Waals surface area contributed by atoms with Crippen molar-refractivity contribution in [3.05, 3.63) is 33.9 Å². The van der Waals surface area contributed by atoms with Gasteiger partial charge in [-0.3, -0.25) is 0 Å². The van der Waals surface area contributed by atoms with Gasteiger partial charge in [0.25, 0.3) is 0 Å². The van der Waals surface area contributed by atoms with Crippen molar-refractivity contribution in [2.75, 3.05) is 0 Å². The number of halogens is 3. The maximum atomic E-state index is 13.7. The van der Waals surface area contributed by atoms with Crippen LogP contribution in [-0.2, 0) is 6.42 Å². The molecule has 0 amide bonds. The van der Waals surface area contributed by atoms with Crippen molar-refractivity contribution < 1.29 is 8.78 Å². The molecular formula is C12H14ClF2N. The average Bonchev–Trinajstić information content (AvgIpc) is 2.34. The zero-order valence-corrected chi connectivity index (χ0v) is 9.82. The van der Waals surface area contributed by atoms with E-state index in [4.69, 9.17) is 17.3 Å². The van der Waals surface area contributed by atoms with Crippen LogP contribution in [0, 0.1) is 17.6 Å². The number of benzene rings is 1. The van der Waals surface area contributed by atoms with Gasteiger partial charge in [0.05, 0.1) is 0 Å². The van der Waals surface area contributed by atoms with Crippen LogP contribution >= 0.6 is 11.6 Å². The fourth-order valence-electron chi connectivity index (χ4n) is 2.35. The zero-order chi connectivity index (χ0) is 11.9. The topological polar surface area (TPSA) is 26.0 Å². The SMILES string of the molecule is CC1CCc2c(Cl)cc(F)c(F)c2C(N)C1. The van der Waals surface area contributed by atoms with Crippen molar-refractivity contribution in [1.82, 2.24) is 0 Å². The molecule has 2 rings (SSSR count). The normalized spacial score (nSPS) is 25.1. The molecule has 0 spiro atoms. The summed E-state index contributed by atoms with van der Waals surface area (Å²) in [6.45, 7) is 2.06. The second-order valence-corrected chi connectivity index (χ2v) is 4.94. The summed E-state index contributed by atoms with van der Waals surface area (Å²) in [5.74, 6) is -1.34. The number of hydrogen-bond acceptors (Lipinski definition) is 1. The second-order valence-electron chi connectivity index (χ2n) is 4.53. The molecule has 0 bridgehead atoms. The summed E-state index contributed by atoms with van der Waals surface area (Å²) < 4.78 is 27.0. The molecule has 88 valence electrons. The van der Waals surface area contributed by atoms with Crippen molar-refractivity contribution in [2.24, 2.45) is 11.7 Å². The summed E-state index contributed by atoms with van der Waals surface area (Å²) in [4.78, 5) is 0. The van der Waals surface area contributed by atoms with Gasteiger partial charge in [0, 0.05) is 16.6 Å². The lowest BCUT2D eigenvalue weighted by Gasteiger charge is -2.16. The van der Waals surface area contributed by atoms with Crippen LogP contribution in [0.1, 0.15) is 36.9 Å². The van der Waals surface area contributed by atoms with Gasteiger partial charge in [-0.2, -0.15) is 0 Å². The summed E-state index contributed by atoms with van der Waals surface area (Å²) in [6.07, 6.45) is 2.25. The summed E-state index contributed by atoms with van der Waals surface area (Å²) >= 11 is 5.94. The molecule has 1 aromatic rings. The molecule has 1 aromatic carbocycles. The highest BCUT2D eigenvalue weighted by Gasteiger charge is 2.26. The molecule has 16 heavy (non-hydrogen) atoms. The lowest BCUT2D eigenvalue weighted by molar-refractivity contribution is 0.445. The largest absolute Gasteiger partial charge is 0.324 e. The Bertz CT molecular complexity index is 420. The molecule has 0 saturated heterocycles. The van der Waals surface area contributed by atoms with Gasteiger partial charge in [-0.25, -0.2) is 8.78 Å². The highest BCUT2D eigenvalue weighted by atomic mass is 35.5. The number of hydrogen-bond donors (Lipinski definition) is 1. The minimum atomic E-state index is -0.909. The summed E-state index contributed by atoms with van der Waals surface area (Å²) in [5.41, 5.74) is 6.86. The predicted octanol–water partition coefficient (Wildman–Crippen LogP) is 3.59. The molecule has 2 N–H and O–H groups in total. The minimum absolute atomic E-state index is 0.273. The third kappa shape index (κ3) is 1.94. The van der Waals surface area contributed by atoms with Gasteiger partial charge in [-0.05, 0) is 36.8 Å². The van der Waals surface area contributed by atoms with Gasteiger partial charge < -0.3 is 5.73 Å². The molecule has 0 heterocycles. The fraction of sp³-hybridized carbons (Fsp3) is 0.500. The monoisotopic (exact) mass is 245 g/mol. The number of fused-ring (bicyclic) bond motifs is 1. The standard InChI is InChI=1S/C12H14ClF2N/c1-6-2-3-7-8(13)5-9(14)12(15)11(7)10(16)4-6/h5-6,10H,2-4,16H2,1H3. The van der Waals surface area contributed by atoms with E-state index in [2.05, 4.69) is 6.92 Å². The maximum Gasteiger partial charge on any atom is 0.163 e. The Kier molecular flexibility index (Phi) is 3.17. The molecule has 2 atom stereocenters. The molecule has 4 heteroatoms. The molecule has 0 saturated carbocycles. The van der Waals surface area contributed by atoms with E-state index < -0.39 is 17.7 Å². The second kappa shape index (κ2) is 4.30. The Morgan fingerprint density at radius 3 is 2.81 bits per heavy atom. The van der Waals surface area contributed by atoms with E-state index in [1.165, 1.54) is 0 Å². The number of nitrogens with two attached hydrogens (primary N) is 1. The Morgan fingerprint density at radius 2 is 2.12 bits per heavy atom. The first-order chi connectivity index (χ1) is 7.50. The van der Waals surface area contributed by atoms with Crippen molar-refractivity contribution in [2.45, 2.75) is 32.2 Å². The molecule has 0 fully saturated rings. The van der Waals surface area contributed by atoms with Crippen LogP contribution in [0.3, 0.4) is 0 Å². The third-order valence-electron chi connectivity index (χ3n) is 3.23. The smallest absolute Gasteiger partial charge is 0.163 e. The van der Waals surface area contributed by atoms with Gasteiger partial charge in [0.1, 0.15) is 0 Å². The predicted molar refractivity (Wildman–Crippen MR) is 60.4 cm³/mol. The maximum absolute atomic E-state index is 13.7. The third-order valence-corrected chi connectivity index (χ3v) is 3.56. The molecule has 2 unspecified atom stereocenters. The first-order valence-electron chi connectivity index (χ1n) is 5.42. The van der Waals surface area contributed by atoms with Gasteiger partial charge in [0.15, 0.2) is 11.6 Å². The van der Waals surface area contributed by atoms with Crippen molar-refractivity contribution in [3.63, 3.8) is 0 Å². The highest BCUT2D eigenvalue weighted by Crippen LogP contribution is 2.36. The molecule has 1 nitrogen and oxygen atoms in total. The molecule has 0 aromatic heterocycles. The quantitative estimate of drug-likeness (QED) is 0.549. The van der Waals surface area contributed by atoms with Gasteiger partial charge in [0.2, 0.25) is 0 Å². The van der Waals surface area contributed by atoms with Crippen LogP contribution in [0.4, 0.5) is 8.78 Å². The van der Waals surface area contributed by atoms with E-state index in [9.17, 15) is 8.78 Å². The molecule has 1 aliphatic carbocycles. The van der Waals surface area contributed by atoms with E-state index in [-0.39, 0.29) is 5.56 Å². The Hall–Kier alpha value is -0.670. The van der Waals surface area contributed by atoms with Crippen molar-refractivity contribution in [3.8, 4) is 0 Å². The highest BCUT2D eigenvalue weighted by molar-refractivity contribution is 6.31. The van der Waals surface area contributed by atoms with E-state index in [0.29, 0.717) is 29.3 Å². The van der Waals surface area contributed by atoms with Gasteiger partial charge in [-0.15, -0.1) is 0 Å². The molecule has 0 aliphatic heterocycles.